The lowest BCUT2D eigenvalue weighted by molar-refractivity contribution is -0.115. The van der Waals surface area contributed by atoms with Crippen molar-refractivity contribution >= 4 is 22.2 Å². The number of amides is 1. The van der Waals surface area contributed by atoms with Gasteiger partial charge in [0.1, 0.15) is 16.8 Å². The Morgan fingerprint density at radius 1 is 1.58 bits per heavy atom. The zero-order valence-corrected chi connectivity index (χ0v) is 11.2. The second-order valence-electron chi connectivity index (χ2n) is 3.94. The van der Waals surface area contributed by atoms with Crippen LogP contribution in [0.5, 0.6) is 0 Å². The lowest BCUT2D eigenvalue weighted by Crippen LogP contribution is -2.29. The third kappa shape index (κ3) is 3.44. The van der Waals surface area contributed by atoms with E-state index < -0.39 is 0 Å². The molecule has 2 aromatic heterocycles. The Labute approximate surface area is 114 Å². The van der Waals surface area contributed by atoms with Crippen molar-refractivity contribution in [3.05, 3.63) is 41.2 Å². The van der Waals surface area contributed by atoms with Crippen LogP contribution >= 0.6 is 11.3 Å². The number of hydrogen-bond acceptors (Lipinski definition) is 5. The summed E-state index contributed by atoms with van der Waals surface area (Å²) in [7, 11) is 0. The zero-order valence-electron chi connectivity index (χ0n) is 10.3. The van der Waals surface area contributed by atoms with E-state index in [4.69, 9.17) is 9.68 Å². The van der Waals surface area contributed by atoms with Gasteiger partial charge in [0.25, 0.3) is 0 Å². The van der Waals surface area contributed by atoms with E-state index in [0.29, 0.717) is 10.6 Å². The van der Waals surface area contributed by atoms with Gasteiger partial charge < -0.3 is 9.73 Å². The molecule has 2 rings (SSSR count). The molecule has 0 saturated heterocycles. The summed E-state index contributed by atoms with van der Waals surface area (Å²) in [5.74, 6) is 0.596. The van der Waals surface area contributed by atoms with Gasteiger partial charge in [0.15, 0.2) is 0 Å². The summed E-state index contributed by atoms with van der Waals surface area (Å²) in [6, 6.07) is 7.32. The molecule has 0 fully saturated rings. The van der Waals surface area contributed by atoms with Gasteiger partial charge in [0.05, 0.1) is 24.4 Å². The molecule has 98 valence electrons. The monoisotopic (exact) mass is 275 g/mol. The van der Waals surface area contributed by atoms with Gasteiger partial charge in [-0.05, 0) is 30.5 Å². The number of nitrogens with one attached hydrogen (secondary N) is 2. The lowest BCUT2D eigenvalue weighted by Gasteiger charge is -2.10. The van der Waals surface area contributed by atoms with Crippen LogP contribution in [0.1, 0.15) is 24.3 Å². The SMILES string of the molecule is C[C@H](NCC(=O)Nc1sccc1C#N)c1ccco1. The molecule has 0 aliphatic rings. The minimum atomic E-state index is -0.183. The van der Waals surface area contributed by atoms with Gasteiger partial charge >= 0.3 is 0 Å². The molecule has 0 unspecified atom stereocenters. The molecule has 5 nitrogen and oxygen atoms in total. The van der Waals surface area contributed by atoms with Crippen LogP contribution in [-0.2, 0) is 4.79 Å². The van der Waals surface area contributed by atoms with Gasteiger partial charge in [-0.25, -0.2) is 0 Å². The van der Waals surface area contributed by atoms with Gasteiger partial charge in [0, 0.05) is 0 Å². The van der Waals surface area contributed by atoms with Crippen molar-refractivity contribution in [1.82, 2.24) is 5.32 Å². The van der Waals surface area contributed by atoms with E-state index in [1.165, 1.54) is 11.3 Å². The molecule has 19 heavy (non-hydrogen) atoms. The van der Waals surface area contributed by atoms with E-state index in [2.05, 4.69) is 10.6 Å². The standard InChI is InChI=1S/C13H13N3O2S/c1-9(11-3-2-5-18-11)15-8-12(17)16-13-10(7-14)4-6-19-13/h2-6,9,15H,8H2,1H3,(H,16,17)/t9-/m0/s1. The highest BCUT2D eigenvalue weighted by Crippen LogP contribution is 2.21. The van der Waals surface area contributed by atoms with Gasteiger partial charge in [-0.3, -0.25) is 10.1 Å². The van der Waals surface area contributed by atoms with E-state index in [0.717, 1.165) is 5.76 Å². The Bertz CT molecular complexity index is 583. The smallest absolute Gasteiger partial charge is 0.238 e. The van der Waals surface area contributed by atoms with Gasteiger partial charge in [-0.2, -0.15) is 5.26 Å². The molecule has 2 heterocycles. The number of rotatable bonds is 5. The third-order valence-corrected chi connectivity index (χ3v) is 3.41. The predicted molar refractivity (Wildman–Crippen MR) is 72.8 cm³/mol. The van der Waals surface area contributed by atoms with Crippen LogP contribution in [0, 0.1) is 11.3 Å². The number of hydrogen-bond donors (Lipinski definition) is 2. The maximum Gasteiger partial charge on any atom is 0.238 e. The molecular formula is C13H13N3O2S. The largest absolute Gasteiger partial charge is 0.468 e. The van der Waals surface area contributed by atoms with Crippen LogP contribution in [0.2, 0.25) is 0 Å². The highest BCUT2D eigenvalue weighted by Gasteiger charge is 2.11. The van der Waals surface area contributed by atoms with Crippen molar-refractivity contribution in [2.45, 2.75) is 13.0 Å². The maximum absolute atomic E-state index is 11.7. The van der Waals surface area contributed by atoms with Gasteiger partial charge in [-0.1, -0.05) is 0 Å². The number of carbonyl (C=O) groups excluding carboxylic acids is 1. The second kappa shape index (κ2) is 6.18. The third-order valence-electron chi connectivity index (χ3n) is 2.58. The average Bonchev–Trinajstić information content (AvgIpc) is 3.06. The molecule has 2 aromatic rings. The predicted octanol–water partition coefficient (Wildman–Crippen LogP) is 2.50. The molecule has 0 aromatic carbocycles. The number of nitrogens with zero attached hydrogens (tertiary/aromatic N) is 1. The zero-order chi connectivity index (χ0) is 13.7. The fraction of sp³-hybridized carbons (Fsp3) is 0.231. The molecule has 1 amide bonds. The van der Waals surface area contributed by atoms with Gasteiger partial charge in [0.2, 0.25) is 5.91 Å². The normalized spacial score (nSPS) is 11.8. The van der Waals surface area contributed by atoms with E-state index >= 15 is 0 Å². The van der Waals surface area contributed by atoms with Crippen molar-refractivity contribution in [3.8, 4) is 6.07 Å². The lowest BCUT2D eigenvalue weighted by atomic mass is 10.2. The van der Waals surface area contributed by atoms with Crippen molar-refractivity contribution in [3.63, 3.8) is 0 Å². The fourth-order valence-corrected chi connectivity index (χ4v) is 2.30. The van der Waals surface area contributed by atoms with Crippen molar-refractivity contribution in [2.24, 2.45) is 0 Å². The maximum atomic E-state index is 11.7. The second-order valence-corrected chi connectivity index (χ2v) is 4.86. The average molecular weight is 275 g/mol. The fourth-order valence-electron chi connectivity index (χ4n) is 1.55. The molecule has 0 radical (unpaired) electrons. The highest BCUT2D eigenvalue weighted by atomic mass is 32.1. The van der Waals surface area contributed by atoms with Crippen LogP contribution < -0.4 is 10.6 Å². The van der Waals surface area contributed by atoms with Crippen LogP contribution in [0.4, 0.5) is 5.00 Å². The van der Waals surface area contributed by atoms with Crippen LogP contribution in [0.15, 0.2) is 34.3 Å². The van der Waals surface area contributed by atoms with E-state index in [1.807, 2.05) is 19.1 Å². The highest BCUT2D eigenvalue weighted by molar-refractivity contribution is 7.14. The molecule has 0 spiro atoms. The minimum Gasteiger partial charge on any atom is -0.468 e. The molecule has 0 aliphatic carbocycles. The van der Waals surface area contributed by atoms with Crippen molar-refractivity contribution in [1.29, 1.82) is 5.26 Å². The molecule has 0 bridgehead atoms. The Kier molecular flexibility index (Phi) is 4.34. The van der Waals surface area contributed by atoms with Crippen LogP contribution in [-0.4, -0.2) is 12.5 Å². The van der Waals surface area contributed by atoms with Crippen molar-refractivity contribution in [2.75, 3.05) is 11.9 Å². The Balaban J connectivity index is 1.84. The summed E-state index contributed by atoms with van der Waals surface area (Å²) < 4.78 is 5.23. The summed E-state index contributed by atoms with van der Waals surface area (Å²) in [5, 5.41) is 17.0. The molecule has 6 heteroatoms. The first-order valence-corrected chi connectivity index (χ1v) is 6.63. The molecule has 0 aliphatic heterocycles. The first-order valence-electron chi connectivity index (χ1n) is 5.75. The van der Waals surface area contributed by atoms with E-state index in [1.54, 1.807) is 23.8 Å². The topological polar surface area (TPSA) is 78.1 Å². The molecule has 2 N–H and O–H groups in total. The quantitative estimate of drug-likeness (QED) is 0.878. The summed E-state index contributed by atoms with van der Waals surface area (Å²) >= 11 is 1.33. The number of thiophene rings is 1. The molecule has 1 atom stereocenters. The number of nitriles is 1. The summed E-state index contributed by atoms with van der Waals surface area (Å²) in [6.07, 6.45) is 1.60. The van der Waals surface area contributed by atoms with Crippen LogP contribution in [0.3, 0.4) is 0 Å². The first kappa shape index (κ1) is 13.3. The van der Waals surface area contributed by atoms with Crippen molar-refractivity contribution < 1.29 is 9.21 Å². The minimum absolute atomic E-state index is 0.0421. The molecule has 0 saturated carbocycles. The number of carbonyl (C=O) groups is 1. The number of anilines is 1. The molecular weight excluding hydrogens is 262 g/mol. The number of furan rings is 1. The van der Waals surface area contributed by atoms with E-state index in [9.17, 15) is 4.79 Å². The summed E-state index contributed by atoms with van der Waals surface area (Å²) in [6.45, 7) is 2.07. The Morgan fingerprint density at radius 2 is 2.42 bits per heavy atom. The summed E-state index contributed by atoms with van der Waals surface area (Å²) in [4.78, 5) is 11.7. The first-order chi connectivity index (χ1) is 9.20. The van der Waals surface area contributed by atoms with E-state index in [-0.39, 0.29) is 18.5 Å². The van der Waals surface area contributed by atoms with Gasteiger partial charge in [-0.15, -0.1) is 11.3 Å². The Hall–Kier alpha value is -2.10. The Morgan fingerprint density at radius 3 is 3.11 bits per heavy atom. The summed E-state index contributed by atoms with van der Waals surface area (Å²) in [5.41, 5.74) is 0.484. The van der Waals surface area contributed by atoms with Crippen LogP contribution in [0.25, 0.3) is 0 Å².